The van der Waals surface area contributed by atoms with Crippen LogP contribution in [-0.4, -0.2) is 26.3 Å². The largest absolute Gasteiger partial charge is 0.345 e. The van der Waals surface area contributed by atoms with Crippen LogP contribution in [0, 0.1) is 5.82 Å². The zero-order chi connectivity index (χ0) is 22.1. The molecule has 0 aliphatic heterocycles. The van der Waals surface area contributed by atoms with E-state index in [4.69, 9.17) is 0 Å². The normalized spacial score (nSPS) is 15.3. The van der Waals surface area contributed by atoms with Crippen LogP contribution < -0.4 is 5.32 Å². The third-order valence-electron chi connectivity index (χ3n) is 5.34. The predicted molar refractivity (Wildman–Crippen MR) is 107 cm³/mol. The summed E-state index contributed by atoms with van der Waals surface area (Å²) >= 11 is 0. The second kappa shape index (κ2) is 8.33. The molecule has 0 bridgehead atoms. The number of hydrogen-bond acceptors (Lipinski definition) is 4. The molecule has 1 atom stereocenters. The summed E-state index contributed by atoms with van der Waals surface area (Å²) in [5, 5.41) is 6.76. The van der Waals surface area contributed by atoms with E-state index in [0.29, 0.717) is 30.5 Å². The highest BCUT2D eigenvalue weighted by Crippen LogP contribution is 2.30. The van der Waals surface area contributed by atoms with Gasteiger partial charge in [0.25, 0.3) is 12.3 Å². The first kappa shape index (κ1) is 20.8. The molecule has 0 radical (unpaired) electrons. The van der Waals surface area contributed by atoms with Gasteiger partial charge in [-0.15, -0.1) is 0 Å². The number of fused-ring (bicyclic) bond motifs is 1. The molecular formula is C22H19F3N4O2. The van der Waals surface area contributed by atoms with Crippen LogP contribution in [0.25, 0.3) is 11.2 Å². The second-order valence-electron chi connectivity index (χ2n) is 7.39. The molecule has 0 saturated carbocycles. The van der Waals surface area contributed by atoms with Crippen molar-refractivity contribution in [3.8, 4) is 0 Å². The van der Waals surface area contributed by atoms with E-state index in [1.165, 1.54) is 36.1 Å². The topological polar surface area (TPSA) is 76.4 Å². The van der Waals surface area contributed by atoms with Crippen molar-refractivity contribution in [2.24, 2.45) is 0 Å². The lowest BCUT2D eigenvalue weighted by atomic mass is 9.93. The Morgan fingerprint density at radius 3 is 2.71 bits per heavy atom. The number of alkyl halides is 2. The number of nitrogens with one attached hydrogen (secondary N) is 1. The van der Waals surface area contributed by atoms with Crippen LogP contribution in [0.15, 0.2) is 42.9 Å². The Labute approximate surface area is 175 Å². The molecule has 0 spiro atoms. The van der Waals surface area contributed by atoms with Crippen LogP contribution in [0.2, 0.25) is 0 Å². The van der Waals surface area contributed by atoms with Crippen molar-refractivity contribution >= 4 is 22.9 Å². The SMILES string of the molecule is C[C@@H](NC(=O)c1cc(C2=CCC(=O)CC2)c2ncnn2c1)c1cccc(C(F)F)c1F. The van der Waals surface area contributed by atoms with Gasteiger partial charge in [-0.1, -0.05) is 24.3 Å². The van der Waals surface area contributed by atoms with Gasteiger partial charge < -0.3 is 5.32 Å². The maximum absolute atomic E-state index is 14.4. The number of rotatable bonds is 5. The fourth-order valence-electron chi connectivity index (χ4n) is 3.68. The predicted octanol–water partition coefficient (Wildman–Crippen LogP) is 4.43. The van der Waals surface area contributed by atoms with Crippen LogP contribution in [0.5, 0.6) is 0 Å². The minimum Gasteiger partial charge on any atom is -0.345 e. The molecule has 0 unspecified atom stereocenters. The van der Waals surface area contributed by atoms with Crippen molar-refractivity contribution in [3.05, 3.63) is 70.9 Å². The number of aromatic nitrogens is 3. The fraction of sp³-hybridized carbons (Fsp3) is 0.273. The summed E-state index contributed by atoms with van der Waals surface area (Å²) < 4.78 is 41.9. The number of carbonyl (C=O) groups is 2. The molecule has 2 heterocycles. The van der Waals surface area contributed by atoms with E-state index >= 15 is 0 Å². The molecule has 3 aromatic rings. The lowest BCUT2D eigenvalue weighted by Crippen LogP contribution is -2.28. The Morgan fingerprint density at radius 2 is 2.00 bits per heavy atom. The maximum Gasteiger partial charge on any atom is 0.266 e. The molecule has 1 aliphatic rings. The summed E-state index contributed by atoms with van der Waals surface area (Å²) in [5.41, 5.74) is 1.67. The molecule has 4 rings (SSSR count). The van der Waals surface area contributed by atoms with Gasteiger partial charge in [-0.3, -0.25) is 9.59 Å². The number of benzene rings is 1. The molecule has 1 aromatic carbocycles. The number of carbonyl (C=O) groups excluding carboxylic acids is 2. The van der Waals surface area contributed by atoms with Gasteiger partial charge in [-0.2, -0.15) is 5.10 Å². The highest BCUT2D eigenvalue weighted by molar-refractivity contribution is 5.97. The maximum atomic E-state index is 14.4. The van der Waals surface area contributed by atoms with Gasteiger partial charge in [0.05, 0.1) is 17.2 Å². The number of allylic oxidation sites excluding steroid dienone is 2. The Hall–Kier alpha value is -3.49. The van der Waals surface area contributed by atoms with Gasteiger partial charge in [0.15, 0.2) is 5.65 Å². The van der Waals surface area contributed by atoms with Gasteiger partial charge in [-0.25, -0.2) is 22.7 Å². The lowest BCUT2D eigenvalue weighted by Gasteiger charge is -2.18. The highest BCUT2D eigenvalue weighted by Gasteiger charge is 2.22. The van der Waals surface area contributed by atoms with E-state index in [1.54, 1.807) is 6.07 Å². The van der Waals surface area contributed by atoms with E-state index in [-0.39, 0.29) is 16.9 Å². The summed E-state index contributed by atoms with van der Waals surface area (Å²) in [5.74, 6) is -1.40. The number of halogens is 3. The van der Waals surface area contributed by atoms with Gasteiger partial charge >= 0.3 is 0 Å². The van der Waals surface area contributed by atoms with Gasteiger partial charge in [0.1, 0.15) is 17.9 Å². The Bertz CT molecular complexity index is 1200. The number of ketones is 1. The van der Waals surface area contributed by atoms with Crippen molar-refractivity contribution in [1.29, 1.82) is 0 Å². The first-order chi connectivity index (χ1) is 14.8. The molecule has 160 valence electrons. The standard InChI is InChI=1S/C22H19F3N4O2/c1-12(16-3-2-4-17(19(16)23)20(24)25)28-22(31)14-9-18(13-5-7-15(30)8-6-13)21-26-11-27-29(21)10-14/h2-5,9-12,20H,6-8H2,1H3,(H,28,31)/t12-/m1/s1. The number of nitrogens with zero attached hydrogens (tertiary/aromatic N) is 3. The molecular weight excluding hydrogens is 409 g/mol. The first-order valence-electron chi connectivity index (χ1n) is 9.77. The Kier molecular flexibility index (Phi) is 5.58. The number of hydrogen-bond donors (Lipinski definition) is 1. The molecule has 1 N–H and O–H groups in total. The lowest BCUT2D eigenvalue weighted by molar-refractivity contribution is -0.118. The quantitative estimate of drug-likeness (QED) is 0.652. The summed E-state index contributed by atoms with van der Waals surface area (Å²) in [6, 6.07) is 4.53. The van der Waals surface area contributed by atoms with Gasteiger partial charge in [-0.05, 0) is 25.0 Å². The average Bonchev–Trinajstić information content (AvgIpc) is 3.22. The van der Waals surface area contributed by atoms with Crippen molar-refractivity contribution < 1.29 is 22.8 Å². The Morgan fingerprint density at radius 1 is 1.23 bits per heavy atom. The van der Waals surface area contributed by atoms with Crippen molar-refractivity contribution in [2.45, 2.75) is 38.7 Å². The van der Waals surface area contributed by atoms with Crippen LogP contribution in [0.3, 0.4) is 0 Å². The molecule has 31 heavy (non-hydrogen) atoms. The zero-order valence-electron chi connectivity index (χ0n) is 16.6. The number of Topliss-reactive ketones (excluding diaryl/α,β-unsaturated/α-hetero) is 1. The zero-order valence-corrected chi connectivity index (χ0v) is 16.6. The highest BCUT2D eigenvalue weighted by atomic mass is 19.3. The monoisotopic (exact) mass is 428 g/mol. The molecule has 2 aromatic heterocycles. The third kappa shape index (κ3) is 4.08. The van der Waals surface area contributed by atoms with Crippen LogP contribution in [-0.2, 0) is 4.79 Å². The van der Waals surface area contributed by atoms with E-state index in [1.807, 2.05) is 6.08 Å². The van der Waals surface area contributed by atoms with Crippen LogP contribution >= 0.6 is 0 Å². The minimum atomic E-state index is -2.95. The second-order valence-corrected chi connectivity index (χ2v) is 7.39. The third-order valence-corrected chi connectivity index (χ3v) is 5.34. The molecule has 1 aliphatic carbocycles. The summed E-state index contributed by atoms with van der Waals surface area (Å²) in [6.07, 6.45) is 3.01. The molecule has 1 amide bonds. The summed E-state index contributed by atoms with van der Waals surface area (Å²) in [4.78, 5) is 28.7. The average molecular weight is 428 g/mol. The van der Waals surface area contributed by atoms with E-state index in [0.717, 1.165) is 11.6 Å². The molecule has 6 nitrogen and oxygen atoms in total. The van der Waals surface area contributed by atoms with Crippen LogP contribution in [0.4, 0.5) is 13.2 Å². The summed E-state index contributed by atoms with van der Waals surface area (Å²) in [6.45, 7) is 1.52. The molecule has 0 saturated heterocycles. The van der Waals surface area contributed by atoms with Gasteiger partial charge in [0, 0.05) is 30.2 Å². The van der Waals surface area contributed by atoms with Crippen molar-refractivity contribution in [2.75, 3.05) is 0 Å². The van der Waals surface area contributed by atoms with Crippen molar-refractivity contribution in [1.82, 2.24) is 19.9 Å². The van der Waals surface area contributed by atoms with Gasteiger partial charge in [0.2, 0.25) is 0 Å². The molecule has 0 fully saturated rings. The van der Waals surface area contributed by atoms with Crippen molar-refractivity contribution in [3.63, 3.8) is 0 Å². The van der Waals surface area contributed by atoms with Crippen LogP contribution in [0.1, 0.15) is 65.7 Å². The minimum absolute atomic E-state index is 0.0262. The van der Waals surface area contributed by atoms with E-state index in [9.17, 15) is 22.8 Å². The number of pyridine rings is 1. The van der Waals surface area contributed by atoms with E-state index < -0.39 is 29.8 Å². The number of amides is 1. The first-order valence-corrected chi connectivity index (χ1v) is 9.77. The fourth-order valence-corrected chi connectivity index (χ4v) is 3.68. The summed E-state index contributed by atoms with van der Waals surface area (Å²) in [7, 11) is 0. The Balaban J connectivity index is 1.64. The molecule has 9 heteroatoms. The smallest absolute Gasteiger partial charge is 0.266 e. The van der Waals surface area contributed by atoms with E-state index in [2.05, 4.69) is 15.4 Å².